The fourth-order valence-electron chi connectivity index (χ4n) is 7.13. The van der Waals surface area contributed by atoms with E-state index >= 15 is 0 Å². The molecule has 0 spiro atoms. The molecule has 2 bridgehead atoms. The number of benzene rings is 11. The highest BCUT2D eigenvalue weighted by Gasteiger charge is 2.10. The number of aryl methyl sites for hydroxylation is 6. The SMILES string of the molecule is C#C.Cc1ccc2c3ccc(c2c1)c1cc(C)ccc31.Cc1ccc2cc3ccc(C)cc3cc2c1.Cc1ccc2ccccc2c1.Cc1ccccc1. The van der Waals surface area contributed by atoms with Gasteiger partial charge in [0.2, 0.25) is 0 Å². The van der Waals surface area contributed by atoms with Crippen molar-refractivity contribution in [3.05, 3.63) is 203 Å². The second kappa shape index (κ2) is 16.9. The van der Waals surface area contributed by atoms with Crippen molar-refractivity contribution in [3.63, 3.8) is 0 Å². The highest BCUT2D eigenvalue weighted by atomic mass is 14.1. The number of fused-ring (bicyclic) bond motifs is 4. The third kappa shape index (κ3) is 8.61. The summed E-state index contributed by atoms with van der Waals surface area (Å²) in [5, 5.41) is 16.3. The lowest BCUT2D eigenvalue weighted by Crippen LogP contribution is -1.86. The van der Waals surface area contributed by atoms with Crippen molar-refractivity contribution in [2.75, 3.05) is 0 Å². The Morgan fingerprint density at radius 2 is 0.537 bits per heavy atom. The molecule has 11 aromatic rings. The maximum atomic E-state index is 4.00. The summed E-state index contributed by atoms with van der Waals surface area (Å²) in [6.07, 6.45) is 8.00. The van der Waals surface area contributed by atoms with Crippen molar-refractivity contribution in [1.82, 2.24) is 0 Å². The first-order chi connectivity index (χ1) is 26.2. The molecule has 0 aliphatic carbocycles. The average molecular weight is 697 g/mol. The summed E-state index contributed by atoms with van der Waals surface area (Å²) in [6.45, 7) is 12.8. The molecule has 0 saturated heterocycles. The van der Waals surface area contributed by atoms with E-state index in [4.69, 9.17) is 0 Å². The highest BCUT2D eigenvalue weighted by Crippen LogP contribution is 2.38. The van der Waals surface area contributed by atoms with Crippen molar-refractivity contribution in [2.24, 2.45) is 0 Å². The van der Waals surface area contributed by atoms with E-state index in [-0.39, 0.29) is 0 Å². The first-order valence-corrected chi connectivity index (χ1v) is 18.6. The first-order valence-electron chi connectivity index (χ1n) is 18.6. The van der Waals surface area contributed by atoms with Gasteiger partial charge in [-0.2, -0.15) is 0 Å². The summed E-state index contributed by atoms with van der Waals surface area (Å²) in [4.78, 5) is 0. The molecule has 0 heteroatoms. The Morgan fingerprint density at radius 3 is 1.02 bits per heavy atom. The summed E-state index contributed by atoms with van der Waals surface area (Å²) >= 11 is 0. The van der Waals surface area contributed by atoms with Gasteiger partial charge in [0.25, 0.3) is 0 Å². The molecule has 0 fully saturated rings. The molecule has 0 unspecified atom stereocenters. The first kappa shape index (κ1) is 37.3. The van der Waals surface area contributed by atoms with E-state index in [9.17, 15) is 0 Å². The largest absolute Gasteiger partial charge is 0.124 e. The van der Waals surface area contributed by atoms with E-state index in [1.54, 1.807) is 0 Å². The molecule has 11 aromatic carbocycles. The zero-order valence-corrected chi connectivity index (χ0v) is 32.3. The smallest absolute Gasteiger partial charge is 0.00963 e. The zero-order valence-electron chi connectivity index (χ0n) is 32.3. The Hall–Kier alpha value is -6.42. The van der Waals surface area contributed by atoms with Gasteiger partial charge in [0, 0.05) is 0 Å². The molecular weight excluding hydrogens is 649 g/mol. The van der Waals surface area contributed by atoms with Crippen molar-refractivity contribution < 1.29 is 0 Å². The molecule has 0 aliphatic heterocycles. The molecule has 0 nitrogen and oxygen atoms in total. The standard InChI is InChI=1S/C18H14.C16H14.C11H10.C7H8.C2H2/c1-11-3-5-14-13-7-8-16(17(14)9-11)18-10-12(2)4-6-15(13)18;1-11-3-5-13-9-14-6-4-12(2)8-16(14)10-15(13)7-11;1-9-6-7-10-4-2-3-5-11(10)8-9;1-7-5-3-2-4-6-7;1-2/h3-10H,1-2H3;3-10H,1-2H3;2-8H,1H3;2-6H,1H3;1-2H. The molecule has 0 radical (unpaired) electrons. The van der Waals surface area contributed by atoms with Gasteiger partial charge in [-0.3, -0.25) is 0 Å². The maximum Gasteiger partial charge on any atom is -0.00963 e. The van der Waals surface area contributed by atoms with E-state index in [1.165, 1.54) is 98.0 Å². The summed E-state index contributed by atoms with van der Waals surface area (Å²) in [5.74, 6) is 0. The second-order valence-electron chi connectivity index (χ2n) is 14.3. The van der Waals surface area contributed by atoms with Gasteiger partial charge in [-0.05, 0) is 118 Å². The fraction of sp³-hybridized carbons (Fsp3) is 0.111. The normalized spacial score (nSPS) is 10.5. The van der Waals surface area contributed by atoms with E-state index in [2.05, 4.69) is 206 Å². The van der Waals surface area contributed by atoms with Crippen LogP contribution in [0, 0.1) is 54.4 Å². The minimum atomic E-state index is 1.32. The van der Waals surface area contributed by atoms with Crippen LogP contribution < -0.4 is 0 Å². The van der Waals surface area contributed by atoms with Crippen LogP contribution in [-0.4, -0.2) is 0 Å². The molecule has 11 rings (SSSR count). The third-order valence-electron chi connectivity index (χ3n) is 9.88. The molecule has 0 saturated carbocycles. The Bertz CT molecular complexity index is 2710. The van der Waals surface area contributed by atoms with Gasteiger partial charge in [-0.15, -0.1) is 12.8 Å². The Morgan fingerprint density at radius 1 is 0.222 bits per heavy atom. The molecule has 0 atom stereocenters. The number of hydrogen-bond acceptors (Lipinski definition) is 0. The van der Waals surface area contributed by atoms with Crippen LogP contribution in [0.2, 0.25) is 0 Å². The third-order valence-corrected chi connectivity index (χ3v) is 9.88. The summed E-state index contributed by atoms with van der Waals surface area (Å²) in [6, 6.07) is 61.0. The van der Waals surface area contributed by atoms with Crippen LogP contribution in [0.25, 0.3) is 64.6 Å². The van der Waals surface area contributed by atoms with Crippen LogP contribution in [0.4, 0.5) is 0 Å². The summed E-state index contributed by atoms with van der Waals surface area (Å²) in [5.41, 5.74) is 7.94. The lowest BCUT2D eigenvalue weighted by Gasteiger charge is -2.13. The van der Waals surface area contributed by atoms with Gasteiger partial charge in [0.05, 0.1) is 0 Å². The van der Waals surface area contributed by atoms with Crippen LogP contribution in [-0.2, 0) is 0 Å². The number of hydrogen-bond donors (Lipinski definition) is 0. The Balaban J connectivity index is 0.000000127. The molecule has 0 aliphatic rings. The van der Waals surface area contributed by atoms with Crippen molar-refractivity contribution in [2.45, 2.75) is 41.5 Å². The van der Waals surface area contributed by atoms with Gasteiger partial charge in [-0.1, -0.05) is 191 Å². The molecule has 0 amide bonds. The van der Waals surface area contributed by atoms with Crippen molar-refractivity contribution in [3.8, 4) is 12.8 Å². The lowest BCUT2D eigenvalue weighted by molar-refractivity contribution is 1.48. The lowest BCUT2D eigenvalue weighted by atomic mass is 9.90. The molecule has 0 heterocycles. The van der Waals surface area contributed by atoms with E-state index in [1.807, 2.05) is 18.2 Å². The Kier molecular flexibility index (Phi) is 11.7. The monoisotopic (exact) mass is 696 g/mol. The van der Waals surface area contributed by atoms with Crippen LogP contribution in [0.15, 0.2) is 170 Å². The molecule has 264 valence electrons. The van der Waals surface area contributed by atoms with E-state index < -0.39 is 0 Å². The van der Waals surface area contributed by atoms with Crippen molar-refractivity contribution >= 4 is 64.6 Å². The predicted octanol–water partition coefficient (Wildman–Crippen LogP) is 15.2. The van der Waals surface area contributed by atoms with Crippen LogP contribution >= 0.6 is 0 Å². The maximum absolute atomic E-state index is 4.00. The van der Waals surface area contributed by atoms with Gasteiger partial charge < -0.3 is 0 Å². The van der Waals surface area contributed by atoms with Gasteiger partial charge in [0.15, 0.2) is 0 Å². The summed E-state index contributed by atoms with van der Waals surface area (Å²) < 4.78 is 0. The van der Waals surface area contributed by atoms with Crippen LogP contribution in [0.3, 0.4) is 0 Å². The van der Waals surface area contributed by atoms with Gasteiger partial charge in [-0.25, -0.2) is 0 Å². The topological polar surface area (TPSA) is 0 Å². The van der Waals surface area contributed by atoms with Gasteiger partial charge >= 0.3 is 0 Å². The van der Waals surface area contributed by atoms with Crippen molar-refractivity contribution in [1.29, 1.82) is 0 Å². The molecule has 54 heavy (non-hydrogen) atoms. The number of terminal acetylenes is 1. The van der Waals surface area contributed by atoms with Crippen LogP contribution in [0.1, 0.15) is 33.4 Å². The second-order valence-corrected chi connectivity index (χ2v) is 14.3. The average Bonchev–Trinajstić information content (AvgIpc) is 3.19. The number of rotatable bonds is 0. The summed E-state index contributed by atoms with van der Waals surface area (Å²) in [7, 11) is 0. The Labute approximate surface area is 321 Å². The minimum Gasteiger partial charge on any atom is -0.124 e. The molecular formula is C54H48. The van der Waals surface area contributed by atoms with Gasteiger partial charge in [0.1, 0.15) is 0 Å². The fourth-order valence-corrected chi connectivity index (χ4v) is 7.13. The predicted molar refractivity (Wildman–Crippen MR) is 240 cm³/mol. The minimum absolute atomic E-state index is 1.32. The molecule has 0 aromatic heterocycles. The zero-order chi connectivity index (χ0) is 38.2. The highest BCUT2D eigenvalue weighted by molar-refractivity contribution is 6.27. The molecule has 0 N–H and O–H groups in total. The quantitative estimate of drug-likeness (QED) is 0.109. The van der Waals surface area contributed by atoms with Crippen LogP contribution in [0.5, 0.6) is 0 Å². The van der Waals surface area contributed by atoms with E-state index in [0.717, 1.165) is 0 Å². The van der Waals surface area contributed by atoms with E-state index in [0.29, 0.717) is 0 Å².